The summed E-state index contributed by atoms with van der Waals surface area (Å²) in [5, 5.41) is 0.847. The molecule has 7 heteroatoms. The summed E-state index contributed by atoms with van der Waals surface area (Å²) in [6.45, 7) is 2.60. The molecule has 0 spiro atoms. The van der Waals surface area contributed by atoms with Crippen molar-refractivity contribution in [2.45, 2.75) is 19.4 Å². The van der Waals surface area contributed by atoms with E-state index in [-0.39, 0.29) is 18.6 Å². The first kappa shape index (κ1) is 25.1. The summed E-state index contributed by atoms with van der Waals surface area (Å²) in [6.07, 6.45) is 4.09. The van der Waals surface area contributed by atoms with Gasteiger partial charge in [0, 0.05) is 30.1 Å². The molecule has 0 bridgehead atoms. The lowest BCUT2D eigenvalue weighted by molar-refractivity contribution is -0.129. The maximum atomic E-state index is 13.4. The molecule has 0 aliphatic carbocycles. The van der Waals surface area contributed by atoms with Gasteiger partial charge in [-0.15, -0.1) is 0 Å². The maximum absolute atomic E-state index is 13.4. The minimum atomic E-state index is -0.406. The number of nitrogens with zero attached hydrogens (tertiary/aromatic N) is 1. The fraction of sp³-hybridized carbons (Fsp3) is 0.226. The Kier molecular flexibility index (Phi) is 7.18. The van der Waals surface area contributed by atoms with Crippen LogP contribution in [-0.2, 0) is 11.2 Å². The number of carbonyl (C=O) groups is 1. The molecule has 194 valence electrons. The molecule has 3 aromatic carbocycles. The first-order valence-electron chi connectivity index (χ1n) is 12.4. The van der Waals surface area contributed by atoms with E-state index >= 15 is 0 Å². The largest absolute Gasteiger partial charge is 0.493 e. The Morgan fingerprint density at radius 3 is 2.55 bits per heavy atom. The fourth-order valence-electron chi connectivity index (χ4n) is 4.87. The normalized spacial score (nSPS) is 14.9. The van der Waals surface area contributed by atoms with Crippen LogP contribution in [0.1, 0.15) is 28.3 Å². The molecule has 1 aromatic heterocycles. The number of methoxy groups -OCH3 is 2. The van der Waals surface area contributed by atoms with Gasteiger partial charge in [0.1, 0.15) is 17.9 Å². The number of ether oxygens (including phenoxy) is 3. The van der Waals surface area contributed by atoms with Crippen LogP contribution in [0.15, 0.2) is 82.0 Å². The number of benzene rings is 3. The molecule has 0 saturated carbocycles. The average molecular weight is 512 g/mol. The topological polar surface area (TPSA) is 78.2 Å². The first-order valence-corrected chi connectivity index (χ1v) is 12.4. The van der Waals surface area contributed by atoms with Gasteiger partial charge in [-0.1, -0.05) is 30.3 Å². The van der Waals surface area contributed by atoms with Crippen molar-refractivity contribution >= 4 is 23.0 Å². The van der Waals surface area contributed by atoms with Crippen molar-refractivity contribution < 1.29 is 23.4 Å². The van der Waals surface area contributed by atoms with Gasteiger partial charge in [-0.3, -0.25) is 4.79 Å². The lowest BCUT2D eigenvalue weighted by atomic mass is 9.92. The van der Waals surface area contributed by atoms with Gasteiger partial charge < -0.3 is 23.5 Å². The van der Waals surface area contributed by atoms with E-state index in [1.807, 2.05) is 72.5 Å². The molecule has 0 N–H and O–H groups in total. The lowest BCUT2D eigenvalue weighted by Crippen LogP contribution is -2.41. The minimum Gasteiger partial charge on any atom is -0.493 e. The van der Waals surface area contributed by atoms with Crippen molar-refractivity contribution in [3.63, 3.8) is 0 Å². The molecule has 38 heavy (non-hydrogen) atoms. The van der Waals surface area contributed by atoms with Crippen LogP contribution in [-0.4, -0.2) is 38.2 Å². The van der Waals surface area contributed by atoms with Crippen molar-refractivity contribution in [2.24, 2.45) is 0 Å². The number of carbonyl (C=O) groups excluding carboxylic acids is 1. The Labute approximate surface area is 220 Å². The second-order valence-corrected chi connectivity index (χ2v) is 9.16. The molecule has 0 radical (unpaired) electrons. The third-order valence-electron chi connectivity index (χ3n) is 6.83. The molecular formula is C31H29NO6. The Balaban J connectivity index is 1.47. The second kappa shape index (κ2) is 10.8. The Morgan fingerprint density at radius 2 is 1.79 bits per heavy atom. The summed E-state index contributed by atoms with van der Waals surface area (Å²) >= 11 is 0. The first-order chi connectivity index (χ1) is 18.5. The van der Waals surface area contributed by atoms with Gasteiger partial charge in [0.05, 0.1) is 20.3 Å². The number of aryl methyl sites for hydroxylation is 1. The van der Waals surface area contributed by atoms with E-state index in [1.165, 1.54) is 6.07 Å². The van der Waals surface area contributed by atoms with Crippen molar-refractivity contribution in [2.75, 3.05) is 27.4 Å². The van der Waals surface area contributed by atoms with Gasteiger partial charge in [0.15, 0.2) is 11.5 Å². The smallest absolute Gasteiger partial charge is 0.336 e. The highest BCUT2D eigenvalue weighted by atomic mass is 16.5. The lowest BCUT2D eigenvalue weighted by Gasteiger charge is -2.37. The minimum absolute atomic E-state index is 0.108. The summed E-state index contributed by atoms with van der Waals surface area (Å²) in [7, 11) is 3.20. The molecule has 0 saturated heterocycles. The summed E-state index contributed by atoms with van der Waals surface area (Å²) in [5.74, 6) is 1.68. The third kappa shape index (κ3) is 5.13. The van der Waals surface area contributed by atoms with Crippen LogP contribution in [0, 0.1) is 6.92 Å². The predicted molar refractivity (Wildman–Crippen MR) is 146 cm³/mol. The van der Waals surface area contributed by atoms with Crippen LogP contribution < -0.4 is 19.8 Å². The molecule has 4 aromatic rings. The zero-order chi connectivity index (χ0) is 26.6. The summed E-state index contributed by atoms with van der Waals surface area (Å²) in [5.41, 5.74) is 3.86. The van der Waals surface area contributed by atoms with Crippen LogP contribution in [0.4, 0.5) is 0 Å². The average Bonchev–Trinajstić information content (AvgIpc) is 2.93. The highest BCUT2D eigenvalue weighted by Gasteiger charge is 2.32. The van der Waals surface area contributed by atoms with Crippen LogP contribution >= 0.6 is 0 Å². The number of hydrogen-bond donors (Lipinski definition) is 0. The number of hydrogen-bond acceptors (Lipinski definition) is 6. The van der Waals surface area contributed by atoms with Crippen LogP contribution in [0.25, 0.3) is 17.0 Å². The Hall–Kier alpha value is -4.52. The Morgan fingerprint density at radius 1 is 1.03 bits per heavy atom. The van der Waals surface area contributed by atoms with E-state index in [0.717, 1.165) is 27.6 Å². The van der Waals surface area contributed by atoms with E-state index < -0.39 is 5.63 Å². The molecule has 5 rings (SSSR count). The van der Waals surface area contributed by atoms with Crippen LogP contribution in [0.5, 0.6) is 17.2 Å². The van der Waals surface area contributed by atoms with E-state index in [4.69, 9.17) is 18.6 Å². The summed E-state index contributed by atoms with van der Waals surface area (Å²) in [6, 6.07) is 20.1. The SMILES string of the molecule is COc1cc2c(cc1OC)[C@@H](COc1ccc3c(C)cc(=O)oc3c1)N(C(=O)/C=C/c1ccccc1)CC2. The highest BCUT2D eigenvalue weighted by molar-refractivity contribution is 5.92. The molecule has 0 fully saturated rings. The van der Waals surface area contributed by atoms with E-state index in [0.29, 0.717) is 35.8 Å². The third-order valence-corrected chi connectivity index (χ3v) is 6.83. The summed E-state index contributed by atoms with van der Waals surface area (Å²) in [4.78, 5) is 27.1. The molecule has 2 heterocycles. The zero-order valence-electron chi connectivity index (χ0n) is 21.6. The number of amides is 1. The zero-order valence-corrected chi connectivity index (χ0v) is 21.6. The summed E-state index contributed by atoms with van der Waals surface area (Å²) < 4.78 is 22.7. The van der Waals surface area contributed by atoms with E-state index in [1.54, 1.807) is 26.4 Å². The van der Waals surface area contributed by atoms with Crippen LogP contribution in [0.2, 0.25) is 0 Å². The molecule has 1 atom stereocenters. The molecule has 1 aliphatic rings. The number of rotatable bonds is 7. The van der Waals surface area contributed by atoms with E-state index in [2.05, 4.69) is 0 Å². The van der Waals surface area contributed by atoms with Crippen molar-refractivity contribution in [3.8, 4) is 17.2 Å². The molecule has 1 amide bonds. The highest BCUT2D eigenvalue weighted by Crippen LogP contribution is 2.38. The van der Waals surface area contributed by atoms with E-state index in [9.17, 15) is 9.59 Å². The van der Waals surface area contributed by atoms with Crippen molar-refractivity contribution in [3.05, 3.63) is 105 Å². The molecule has 7 nitrogen and oxygen atoms in total. The van der Waals surface area contributed by atoms with Gasteiger partial charge in [0.25, 0.3) is 0 Å². The maximum Gasteiger partial charge on any atom is 0.336 e. The predicted octanol–water partition coefficient (Wildman–Crippen LogP) is 5.34. The Bertz CT molecular complexity index is 1560. The molecule has 1 aliphatic heterocycles. The molecular weight excluding hydrogens is 482 g/mol. The van der Waals surface area contributed by atoms with Gasteiger partial charge in [0.2, 0.25) is 5.91 Å². The van der Waals surface area contributed by atoms with Gasteiger partial charge in [-0.05, 0) is 65.9 Å². The van der Waals surface area contributed by atoms with Crippen LogP contribution in [0.3, 0.4) is 0 Å². The van der Waals surface area contributed by atoms with Crippen molar-refractivity contribution in [1.82, 2.24) is 4.90 Å². The molecule has 0 unspecified atom stereocenters. The van der Waals surface area contributed by atoms with Gasteiger partial charge in [-0.2, -0.15) is 0 Å². The second-order valence-electron chi connectivity index (χ2n) is 9.16. The monoisotopic (exact) mass is 511 g/mol. The van der Waals surface area contributed by atoms with Crippen molar-refractivity contribution in [1.29, 1.82) is 0 Å². The quantitative estimate of drug-likeness (QED) is 0.246. The van der Waals surface area contributed by atoms with Gasteiger partial charge >= 0.3 is 5.63 Å². The fourth-order valence-corrected chi connectivity index (χ4v) is 4.87. The number of fused-ring (bicyclic) bond motifs is 2. The van der Waals surface area contributed by atoms with Gasteiger partial charge in [-0.25, -0.2) is 4.79 Å². The standard InChI is InChI=1S/C31H29NO6/c1-20-15-31(34)38-27-17-23(10-11-24(20)27)37-19-26-25-18-29(36-3)28(35-2)16-22(25)13-14-32(26)30(33)12-9-21-7-5-4-6-8-21/h4-12,15-18,26H,13-14,19H2,1-3H3/b12-9+/t26-/m1/s1.